The molecular formula is C23H28N4O2. The molecule has 2 amide bonds. The third-order valence-electron chi connectivity index (χ3n) is 5.19. The number of anilines is 1. The van der Waals surface area contributed by atoms with Crippen LogP contribution in [0.1, 0.15) is 32.2 Å². The number of aromatic nitrogens is 1. The number of urea groups is 1. The summed E-state index contributed by atoms with van der Waals surface area (Å²) < 4.78 is 5.83. The van der Waals surface area contributed by atoms with Crippen molar-refractivity contribution in [3.63, 3.8) is 0 Å². The molecule has 1 aromatic heterocycles. The van der Waals surface area contributed by atoms with Crippen molar-refractivity contribution < 1.29 is 9.21 Å². The van der Waals surface area contributed by atoms with Crippen LogP contribution in [0, 0.1) is 0 Å². The first kappa shape index (κ1) is 19.5. The fraction of sp³-hybridized carbons (Fsp3) is 0.391. The molecule has 3 aromatic rings. The van der Waals surface area contributed by atoms with Gasteiger partial charge in [0, 0.05) is 43.8 Å². The number of carbonyl (C=O) groups is 1. The zero-order valence-electron chi connectivity index (χ0n) is 17.3. The minimum Gasteiger partial charge on any atom is -0.440 e. The lowest BCUT2D eigenvalue weighted by Gasteiger charge is -2.34. The van der Waals surface area contributed by atoms with Crippen LogP contribution >= 0.6 is 0 Å². The van der Waals surface area contributed by atoms with Crippen LogP contribution < -0.4 is 5.32 Å². The Hall–Kier alpha value is -2.86. The maximum absolute atomic E-state index is 12.7. The quantitative estimate of drug-likeness (QED) is 0.714. The Labute approximate surface area is 171 Å². The van der Waals surface area contributed by atoms with Gasteiger partial charge < -0.3 is 14.6 Å². The molecule has 0 saturated carbocycles. The van der Waals surface area contributed by atoms with Gasteiger partial charge in [-0.3, -0.25) is 4.90 Å². The molecule has 0 bridgehead atoms. The molecule has 1 aliphatic heterocycles. The molecule has 29 heavy (non-hydrogen) atoms. The third kappa shape index (κ3) is 4.59. The second-order valence-corrected chi connectivity index (χ2v) is 8.63. The van der Waals surface area contributed by atoms with Crippen LogP contribution in [0.15, 0.2) is 52.9 Å². The van der Waals surface area contributed by atoms with E-state index in [1.54, 1.807) is 0 Å². The van der Waals surface area contributed by atoms with Crippen molar-refractivity contribution in [1.82, 2.24) is 14.8 Å². The van der Waals surface area contributed by atoms with Crippen LogP contribution in [-0.4, -0.2) is 47.0 Å². The first-order valence-electron chi connectivity index (χ1n) is 10.1. The summed E-state index contributed by atoms with van der Waals surface area (Å²) in [7, 11) is 0. The van der Waals surface area contributed by atoms with Crippen molar-refractivity contribution >= 4 is 22.8 Å². The molecule has 6 nitrogen and oxygen atoms in total. The van der Waals surface area contributed by atoms with Gasteiger partial charge in [-0.2, -0.15) is 0 Å². The highest BCUT2D eigenvalue weighted by Crippen LogP contribution is 2.27. The third-order valence-corrected chi connectivity index (χ3v) is 5.19. The molecule has 2 heterocycles. The lowest BCUT2D eigenvalue weighted by atomic mass is 9.97. The number of hydrogen-bond donors (Lipinski definition) is 1. The second kappa shape index (κ2) is 7.87. The van der Waals surface area contributed by atoms with Crippen LogP contribution in [0.5, 0.6) is 0 Å². The zero-order valence-corrected chi connectivity index (χ0v) is 17.3. The average molecular weight is 393 g/mol. The number of carbonyl (C=O) groups excluding carboxylic acids is 1. The number of fused-ring (bicyclic) bond motifs is 1. The van der Waals surface area contributed by atoms with E-state index in [9.17, 15) is 4.79 Å². The van der Waals surface area contributed by atoms with Crippen LogP contribution in [0.2, 0.25) is 0 Å². The number of amides is 2. The SMILES string of the molecule is CC(C)(C)c1nc2cc(NC(=O)N3CCN(Cc4ccccc4)CC3)ccc2o1. The van der Waals surface area contributed by atoms with Crippen molar-refractivity contribution in [2.45, 2.75) is 32.7 Å². The van der Waals surface area contributed by atoms with Gasteiger partial charge in [0.25, 0.3) is 0 Å². The minimum absolute atomic E-state index is 0.0664. The van der Waals surface area contributed by atoms with E-state index in [1.807, 2.05) is 29.2 Å². The molecule has 0 unspecified atom stereocenters. The zero-order chi connectivity index (χ0) is 20.4. The summed E-state index contributed by atoms with van der Waals surface area (Å²) in [5.74, 6) is 0.700. The van der Waals surface area contributed by atoms with E-state index < -0.39 is 0 Å². The van der Waals surface area contributed by atoms with Crippen LogP contribution in [-0.2, 0) is 12.0 Å². The van der Waals surface area contributed by atoms with E-state index in [2.05, 4.69) is 60.2 Å². The predicted molar refractivity (Wildman–Crippen MR) is 115 cm³/mol. The summed E-state index contributed by atoms with van der Waals surface area (Å²) in [4.78, 5) is 21.5. The monoisotopic (exact) mass is 392 g/mol. The molecule has 1 aliphatic rings. The molecule has 4 rings (SSSR count). The van der Waals surface area contributed by atoms with Crippen molar-refractivity contribution in [2.75, 3.05) is 31.5 Å². The Balaban J connectivity index is 1.35. The van der Waals surface area contributed by atoms with E-state index in [1.165, 1.54) is 5.56 Å². The first-order valence-corrected chi connectivity index (χ1v) is 10.1. The highest BCUT2D eigenvalue weighted by atomic mass is 16.3. The van der Waals surface area contributed by atoms with Crippen molar-refractivity contribution in [3.8, 4) is 0 Å². The van der Waals surface area contributed by atoms with Gasteiger partial charge in [-0.25, -0.2) is 9.78 Å². The van der Waals surface area contributed by atoms with E-state index in [0.29, 0.717) is 5.89 Å². The lowest BCUT2D eigenvalue weighted by Crippen LogP contribution is -2.49. The molecule has 1 N–H and O–H groups in total. The fourth-order valence-corrected chi connectivity index (χ4v) is 3.48. The van der Waals surface area contributed by atoms with E-state index in [0.717, 1.165) is 49.5 Å². The van der Waals surface area contributed by atoms with E-state index >= 15 is 0 Å². The molecule has 0 radical (unpaired) electrons. The summed E-state index contributed by atoms with van der Waals surface area (Å²) in [5, 5.41) is 3.00. The molecule has 2 aromatic carbocycles. The Bertz CT molecular complexity index is 983. The largest absolute Gasteiger partial charge is 0.440 e. The number of nitrogens with one attached hydrogen (secondary N) is 1. The highest BCUT2D eigenvalue weighted by Gasteiger charge is 2.23. The van der Waals surface area contributed by atoms with Gasteiger partial charge in [-0.15, -0.1) is 0 Å². The minimum atomic E-state index is -0.151. The number of oxazole rings is 1. The highest BCUT2D eigenvalue weighted by molar-refractivity contribution is 5.91. The topological polar surface area (TPSA) is 61.6 Å². The van der Waals surface area contributed by atoms with Gasteiger partial charge in [0.15, 0.2) is 5.58 Å². The Morgan fingerprint density at radius 1 is 1.07 bits per heavy atom. The maximum Gasteiger partial charge on any atom is 0.321 e. The maximum atomic E-state index is 12.7. The Kier molecular flexibility index (Phi) is 5.28. The van der Waals surface area contributed by atoms with Crippen LogP contribution in [0.25, 0.3) is 11.1 Å². The molecule has 0 spiro atoms. The molecule has 1 fully saturated rings. The summed E-state index contributed by atoms with van der Waals surface area (Å²) >= 11 is 0. The predicted octanol–water partition coefficient (Wildman–Crippen LogP) is 4.48. The Morgan fingerprint density at radius 3 is 2.48 bits per heavy atom. The number of rotatable bonds is 3. The molecule has 6 heteroatoms. The number of nitrogens with zero attached hydrogens (tertiary/aromatic N) is 3. The molecule has 152 valence electrons. The van der Waals surface area contributed by atoms with Gasteiger partial charge >= 0.3 is 6.03 Å². The standard InChI is InChI=1S/C23H28N4O2/c1-23(2,3)21-25-19-15-18(9-10-20(19)29-21)24-22(28)27-13-11-26(12-14-27)16-17-7-5-4-6-8-17/h4-10,15H,11-14,16H2,1-3H3,(H,24,28). The van der Waals surface area contributed by atoms with Gasteiger partial charge in [0.1, 0.15) is 5.52 Å². The van der Waals surface area contributed by atoms with E-state index in [4.69, 9.17) is 4.42 Å². The number of hydrogen-bond acceptors (Lipinski definition) is 4. The normalized spacial score (nSPS) is 15.6. The summed E-state index contributed by atoms with van der Waals surface area (Å²) in [6.45, 7) is 10.3. The lowest BCUT2D eigenvalue weighted by molar-refractivity contribution is 0.143. The number of piperazine rings is 1. The number of benzene rings is 2. The van der Waals surface area contributed by atoms with Gasteiger partial charge in [-0.05, 0) is 23.8 Å². The van der Waals surface area contributed by atoms with Gasteiger partial charge in [0.2, 0.25) is 5.89 Å². The van der Waals surface area contributed by atoms with Gasteiger partial charge in [-0.1, -0.05) is 51.1 Å². The molecule has 0 atom stereocenters. The summed E-state index contributed by atoms with van der Waals surface area (Å²) in [6.07, 6.45) is 0. The Morgan fingerprint density at radius 2 is 1.79 bits per heavy atom. The summed E-state index contributed by atoms with van der Waals surface area (Å²) in [6, 6.07) is 16.0. The van der Waals surface area contributed by atoms with Crippen molar-refractivity contribution in [2.24, 2.45) is 0 Å². The summed E-state index contributed by atoms with van der Waals surface area (Å²) in [5.41, 5.74) is 3.40. The average Bonchev–Trinajstić information content (AvgIpc) is 3.13. The second-order valence-electron chi connectivity index (χ2n) is 8.63. The molecule has 0 aliphatic carbocycles. The molecule has 1 saturated heterocycles. The smallest absolute Gasteiger partial charge is 0.321 e. The van der Waals surface area contributed by atoms with Crippen molar-refractivity contribution in [3.05, 3.63) is 60.0 Å². The first-order chi connectivity index (χ1) is 13.9. The van der Waals surface area contributed by atoms with E-state index in [-0.39, 0.29) is 11.4 Å². The van der Waals surface area contributed by atoms with Crippen LogP contribution in [0.3, 0.4) is 0 Å². The van der Waals surface area contributed by atoms with Crippen molar-refractivity contribution in [1.29, 1.82) is 0 Å². The fourth-order valence-electron chi connectivity index (χ4n) is 3.48. The van der Waals surface area contributed by atoms with Crippen LogP contribution in [0.4, 0.5) is 10.5 Å². The van der Waals surface area contributed by atoms with Gasteiger partial charge in [0.05, 0.1) is 0 Å². The molecular weight excluding hydrogens is 364 g/mol.